The first kappa shape index (κ1) is 28.7. The third kappa shape index (κ3) is 17.5. The predicted octanol–water partition coefficient (Wildman–Crippen LogP) is 5.57. The molecule has 0 saturated heterocycles. The van der Waals surface area contributed by atoms with Gasteiger partial charge in [0.2, 0.25) is 5.24 Å². The lowest BCUT2D eigenvalue weighted by atomic mass is 10.00. The molecule has 0 aromatic carbocycles. The number of hydrogen-bond acceptors (Lipinski definition) is 4. The van der Waals surface area contributed by atoms with Crippen LogP contribution < -0.4 is 0 Å². The van der Waals surface area contributed by atoms with Gasteiger partial charge in [-0.25, -0.2) is 4.79 Å². The Morgan fingerprint density at radius 3 is 1.36 bits per heavy atom. The molecule has 0 bridgehead atoms. The molecule has 0 spiro atoms. The van der Waals surface area contributed by atoms with E-state index in [1.807, 2.05) is 41.5 Å². The van der Waals surface area contributed by atoms with E-state index in [2.05, 4.69) is 13.2 Å². The van der Waals surface area contributed by atoms with Crippen molar-refractivity contribution in [1.82, 2.24) is 0 Å². The summed E-state index contributed by atoms with van der Waals surface area (Å²) < 4.78 is 5.26. The lowest BCUT2D eigenvalue weighted by Gasteiger charge is -2.26. The van der Waals surface area contributed by atoms with Gasteiger partial charge in [0, 0.05) is 11.1 Å². The van der Waals surface area contributed by atoms with E-state index in [1.165, 1.54) is 0 Å². The third-order valence-electron chi connectivity index (χ3n) is 4.04. The fourth-order valence-electron chi connectivity index (χ4n) is 0.955. The number of ether oxygens (including phenoxy) is 1. The monoisotopic (exact) mass is 376 g/mol. The topological polar surface area (TPSA) is 63.6 Å². The number of aliphatic hydroxyl groups is 1. The standard InChI is InChI=1S/C10H18O2.C6H14O.C4H5ClO/c1-6-10(5,7-2)12-9(11)8(3)4;1-4-6(3,7)5-2;1-3(2)4(5)6/h3,6-7H2,1-2,4-5H3;7H,4-5H2,1-3H3;1H2,2H3. The van der Waals surface area contributed by atoms with Gasteiger partial charge >= 0.3 is 5.97 Å². The molecule has 0 aromatic heterocycles. The largest absolute Gasteiger partial charge is 0.456 e. The van der Waals surface area contributed by atoms with Crippen LogP contribution in [-0.4, -0.2) is 27.5 Å². The highest BCUT2D eigenvalue weighted by Crippen LogP contribution is 2.20. The van der Waals surface area contributed by atoms with Crippen LogP contribution in [0.3, 0.4) is 0 Å². The van der Waals surface area contributed by atoms with Crippen molar-refractivity contribution in [3.63, 3.8) is 0 Å². The molecule has 0 aromatic rings. The van der Waals surface area contributed by atoms with Crippen LogP contribution in [0.25, 0.3) is 0 Å². The quantitative estimate of drug-likeness (QED) is 0.358. The van der Waals surface area contributed by atoms with Gasteiger partial charge in [0.25, 0.3) is 0 Å². The molecule has 0 amide bonds. The van der Waals surface area contributed by atoms with Gasteiger partial charge in [0.15, 0.2) is 0 Å². The highest BCUT2D eigenvalue weighted by atomic mass is 35.5. The van der Waals surface area contributed by atoms with Crippen molar-refractivity contribution in [2.45, 2.75) is 92.3 Å². The van der Waals surface area contributed by atoms with E-state index in [4.69, 9.17) is 21.4 Å². The molecule has 5 heteroatoms. The van der Waals surface area contributed by atoms with Crippen molar-refractivity contribution in [1.29, 1.82) is 0 Å². The zero-order valence-electron chi connectivity index (χ0n) is 17.3. The van der Waals surface area contributed by atoms with E-state index in [1.54, 1.807) is 13.8 Å². The van der Waals surface area contributed by atoms with Crippen LogP contribution in [0.1, 0.15) is 81.1 Å². The summed E-state index contributed by atoms with van der Waals surface area (Å²) in [5.74, 6) is -0.291. The van der Waals surface area contributed by atoms with E-state index < -0.39 is 10.8 Å². The van der Waals surface area contributed by atoms with E-state index >= 15 is 0 Å². The van der Waals surface area contributed by atoms with Crippen LogP contribution in [0.5, 0.6) is 0 Å². The van der Waals surface area contributed by atoms with Crippen molar-refractivity contribution < 1.29 is 19.4 Å². The average molecular weight is 377 g/mol. The Balaban J connectivity index is -0.000000317. The Bertz CT molecular complexity index is 417. The second kappa shape index (κ2) is 14.1. The number of carbonyl (C=O) groups excluding carboxylic acids is 2. The highest BCUT2D eigenvalue weighted by molar-refractivity contribution is 6.67. The Labute approximate surface area is 159 Å². The van der Waals surface area contributed by atoms with E-state index in [0.29, 0.717) is 11.1 Å². The Morgan fingerprint density at radius 2 is 1.24 bits per heavy atom. The summed E-state index contributed by atoms with van der Waals surface area (Å²) in [4.78, 5) is 21.0. The molecule has 1 N–H and O–H groups in total. The number of halogens is 1. The highest BCUT2D eigenvalue weighted by Gasteiger charge is 2.24. The molecule has 0 saturated carbocycles. The lowest BCUT2D eigenvalue weighted by molar-refractivity contribution is -0.153. The van der Waals surface area contributed by atoms with Crippen LogP contribution in [0.4, 0.5) is 0 Å². The van der Waals surface area contributed by atoms with Gasteiger partial charge in [0.05, 0.1) is 5.60 Å². The summed E-state index contributed by atoms with van der Waals surface area (Å²) in [6, 6.07) is 0. The van der Waals surface area contributed by atoms with E-state index in [0.717, 1.165) is 25.7 Å². The average Bonchev–Trinajstić information content (AvgIpc) is 2.55. The normalized spacial score (nSPS) is 10.5. The molecule has 0 aliphatic heterocycles. The smallest absolute Gasteiger partial charge is 0.333 e. The van der Waals surface area contributed by atoms with Crippen LogP contribution in [0.2, 0.25) is 0 Å². The van der Waals surface area contributed by atoms with Crippen LogP contribution in [-0.2, 0) is 14.3 Å². The zero-order chi connectivity index (χ0) is 20.8. The minimum atomic E-state index is -0.463. The third-order valence-corrected chi connectivity index (χ3v) is 4.36. The minimum absolute atomic E-state index is 0.291. The van der Waals surface area contributed by atoms with Gasteiger partial charge in [-0.2, -0.15) is 0 Å². The molecule has 148 valence electrons. The maximum atomic E-state index is 11.2. The van der Waals surface area contributed by atoms with E-state index in [9.17, 15) is 9.59 Å². The number of carbonyl (C=O) groups is 2. The fourth-order valence-corrected chi connectivity index (χ4v) is 0.955. The van der Waals surface area contributed by atoms with Crippen LogP contribution in [0.15, 0.2) is 24.3 Å². The summed E-state index contributed by atoms with van der Waals surface area (Å²) >= 11 is 4.87. The van der Waals surface area contributed by atoms with Gasteiger partial charge < -0.3 is 9.84 Å². The first-order chi connectivity index (χ1) is 11.2. The molecular weight excluding hydrogens is 340 g/mol. The molecule has 0 fully saturated rings. The maximum absolute atomic E-state index is 11.2. The zero-order valence-corrected chi connectivity index (χ0v) is 18.0. The van der Waals surface area contributed by atoms with Gasteiger partial charge in [-0.05, 0) is 65.0 Å². The predicted molar refractivity (Wildman–Crippen MR) is 107 cm³/mol. The minimum Gasteiger partial charge on any atom is -0.456 e. The fraction of sp³-hybridized carbons (Fsp3) is 0.700. The Kier molecular flexibility index (Phi) is 16.1. The molecule has 0 rings (SSSR count). The van der Waals surface area contributed by atoms with Crippen LogP contribution in [0, 0.1) is 0 Å². The van der Waals surface area contributed by atoms with E-state index in [-0.39, 0.29) is 11.6 Å². The summed E-state index contributed by atoms with van der Waals surface area (Å²) in [6.45, 7) is 21.8. The number of hydrogen-bond donors (Lipinski definition) is 1. The molecule has 0 aliphatic carbocycles. The second-order valence-electron chi connectivity index (χ2n) is 6.58. The number of rotatable bonds is 7. The van der Waals surface area contributed by atoms with Crippen LogP contribution >= 0.6 is 11.6 Å². The first-order valence-corrected chi connectivity index (χ1v) is 9.06. The van der Waals surface area contributed by atoms with Crippen molar-refractivity contribution >= 4 is 22.8 Å². The second-order valence-corrected chi connectivity index (χ2v) is 6.93. The molecule has 4 nitrogen and oxygen atoms in total. The van der Waals surface area contributed by atoms with Gasteiger partial charge in [0.1, 0.15) is 5.60 Å². The number of allylic oxidation sites excluding steroid dienone is 1. The molecular formula is C20H37ClO4. The molecule has 25 heavy (non-hydrogen) atoms. The summed E-state index contributed by atoms with van der Waals surface area (Å²) in [7, 11) is 0. The maximum Gasteiger partial charge on any atom is 0.333 e. The molecule has 0 unspecified atom stereocenters. The molecule has 0 radical (unpaired) electrons. The lowest BCUT2D eigenvalue weighted by Crippen LogP contribution is -2.30. The first-order valence-electron chi connectivity index (χ1n) is 8.68. The molecule has 0 heterocycles. The summed E-state index contributed by atoms with van der Waals surface area (Å²) in [5.41, 5.74) is 0.107. The van der Waals surface area contributed by atoms with Gasteiger partial charge in [-0.15, -0.1) is 0 Å². The van der Waals surface area contributed by atoms with Crippen molar-refractivity contribution in [2.24, 2.45) is 0 Å². The number of esters is 1. The molecule has 0 aliphatic rings. The van der Waals surface area contributed by atoms with Gasteiger partial charge in [-0.1, -0.05) is 40.9 Å². The Morgan fingerprint density at radius 1 is 0.920 bits per heavy atom. The van der Waals surface area contributed by atoms with Crippen molar-refractivity contribution in [3.05, 3.63) is 24.3 Å². The summed E-state index contributed by atoms with van der Waals surface area (Å²) in [6.07, 6.45) is 3.37. The van der Waals surface area contributed by atoms with Crippen molar-refractivity contribution in [2.75, 3.05) is 0 Å². The SMILES string of the molecule is C=C(C)C(=O)Cl.C=C(C)C(=O)OC(C)(CC)CC.CCC(C)(O)CC. The summed E-state index contributed by atoms with van der Waals surface area (Å²) in [5, 5.41) is 8.67. The molecule has 0 atom stereocenters. The Hall–Kier alpha value is -1.13. The van der Waals surface area contributed by atoms with Gasteiger partial charge in [-0.3, -0.25) is 4.79 Å². The van der Waals surface area contributed by atoms with Crippen molar-refractivity contribution in [3.8, 4) is 0 Å².